The molecule has 2 N–H and O–H groups in total. The lowest BCUT2D eigenvalue weighted by atomic mass is 10.0. The lowest BCUT2D eigenvalue weighted by molar-refractivity contribution is 0.0949. The second-order valence-electron chi connectivity index (χ2n) is 9.29. The number of rotatable bonds is 4. The predicted molar refractivity (Wildman–Crippen MR) is 121 cm³/mol. The van der Waals surface area contributed by atoms with Crippen LogP contribution in [0.2, 0.25) is 0 Å². The minimum absolute atomic E-state index is 0.128. The van der Waals surface area contributed by atoms with Gasteiger partial charge in [0.1, 0.15) is 0 Å². The molecule has 1 unspecified atom stereocenters. The average molecular weight is 413 g/mol. The summed E-state index contributed by atoms with van der Waals surface area (Å²) in [4.78, 5) is 18.4. The SMILES string of the molecule is Cn1c(=O)n(C2CCCNC2)c2cccc(CN3CCC(N4CCNCC4)CC3)c21. The molecule has 1 aromatic heterocycles. The van der Waals surface area contributed by atoms with E-state index in [0.29, 0.717) is 0 Å². The summed E-state index contributed by atoms with van der Waals surface area (Å²) in [5, 5.41) is 6.92. The third-order valence-electron chi connectivity index (χ3n) is 7.44. The van der Waals surface area contributed by atoms with Gasteiger partial charge in [-0.15, -0.1) is 0 Å². The van der Waals surface area contributed by atoms with Crippen molar-refractivity contribution in [1.82, 2.24) is 29.6 Å². The topological polar surface area (TPSA) is 57.5 Å². The number of likely N-dealkylation sites (tertiary alicyclic amines) is 1. The molecule has 1 aromatic carbocycles. The van der Waals surface area contributed by atoms with E-state index in [1.165, 1.54) is 31.5 Å². The van der Waals surface area contributed by atoms with Crippen molar-refractivity contribution in [2.75, 3.05) is 52.4 Å². The number of aryl methyl sites for hydroxylation is 1. The van der Waals surface area contributed by atoms with Crippen LogP contribution in [-0.4, -0.2) is 77.3 Å². The maximum absolute atomic E-state index is 13.1. The Balaban J connectivity index is 1.33. The first kappa shape index (κ1) is 20.2. The number of imidazole rings is 1. The first-order valence-corrected chi connectivity index (χ1v) is 11.8. The third kappa shape index (κ3) is 3.84. The molecule has 0 amide bonds. The van der Waals surface area contributed by atoms with Crippen molar-refractivity contribution < 1.29 is 0 Å². The highest BCUT2D eigenvalue weighted by molar-refractivity contribution is 5.80. The van der Waals surface area contributed by atoms with Gasteiger partial charge >= 0.3 is 5.69 Å². The van der Waals surface area contributed by atoms with Crippen LogP contribution in [0.1, 0.15) is 37.3 Å². The Morgan fingerprint density at radius 3 is 2.50 bits per heavy atom. The minimum Gasteiger partial charge on any atom is -0.315 e. The van der Waals surface area contributed by atoms with Gasteiger partial charge < -0.3 is 10.6 Å². The predicted octanol–water partition coefficient (Wildman–Crippen LogP) is 1.13. The van der Waals surface area contributed by atoms with Gasteiger partial charge in [-0.1, -0.05) is 12.1 Å². The number of benzene rings is 1. The van der Waals surface area contributed by atoms with Crippen LogP contribution in [0.5, 0.6) is 0 Å². The van der Waals surface area contributed by atoms with Gasteiger partial charge in [-0.05, 0) is 56.9 Å². The van der Waals surface area contributed by atoms with Crippen molar-refractivity contribution in [3.8, 4) is 0 Å². The van der Waals surface area contributed by atoms with E-state index < -0.39 is 0 Å². The van der Waals surface area contributed by atoms with Gasteiger partial charge in [0.15, 0.2) is 0 Å². The molecule has 3 fully saturated rings. The van der Waals surface area contributed by atoms with Gasteiger partial charge in [0.25, 0.3) is 0 Å². The van der Waals surface area contributed by atoms with Gasteiger partial charge in [-0.3, -0.25) is 18.9 Å². The minimum atomic E-state index is 0.128. The number of aromatic nitrogens is 2. The Labute approximate surface area is 179 Å². The van der Waals surface area contributed by atoms with Crippen LogP contribution in [-0.2, 0) is 13.6 Å². The number of hydrogen-bond acceptors (Lipinski definition) is 5. The normalized spacial score (nSPS) is 25.2. The number of nitrogens with zero attached hydrogens (tertiary/aromatic N) is 4. The van der Waals surface area contributed by atoms with Crippen LogP contribution in [0.3, 0.4) is 0 Å². The average Bonchev–Trinajstić information content (AvgIpc) is 3.06. The molecule has 0 bridgehead atoms. The molecule has 3 aliphatic heterocycles. The monoisotopic (exact) mass is 412 g/mol. The number of hydrogen-bond donors (Lipinski definition) is 2. The third-order valence-corrected chi connectivity index (χ3v) is 7.44. The highest BCUT2D eigenvalue weighted by atomic mass is 16.1. The number of para-hydroxylation sites is 1. The van der Waals surface area contributed by atoms with E-state index >= 15 is 0 Å². The van der Waals surface area contributed by atoms with Crippen molar-refractivity contribution in [2.24, 2.45) is 7.05 Å². The van der Waals surface area contributed by atoms with Crippen molar-refractivity contribution >= 4 is 11.0 Å². The van der Waals surface area contributed by atoms with Crippen molar-refractivity contribution in [3.05, 3.63) is 34.2 Å². The first-order valence-electron chi connectivity index (χ1n) is 11.8. The zero-order chi connectivity index (χ0) is 20.5. The molecule has 0 saturated carbocycles. The summed E-state index contributed by atoms with van der Waals surface area (Å²) in [6.45, 7) is 9.82. The molecule has 2 aromatic rings. The standard InChI is InChI=1S/C23H36N6O/c1-26-22-18(17-27-12-7-19(8-13-27)28-14-10-24-11-15-28)4-2-6-21(22)29(23(26)30)20-5-3-9-25-16-20/h2,4,6,19-20,24-25H,3,5,7-17H2,1H3. The smallest absolute Gasteiger partial charge is 0.315 e. The Hall–Kier alpha value is -1.67. The Morgan fingerprint density at radius 1 is 0.967 bits per heavy atom. The lowest BCUT2D eigenvalue weighted by Crippen LogP contribution is -2.51. The summed E-state index contributed by atoms with van der Waals surface area (Å²) in [5.41, 5.74) is 3.64. The molecule has 3 saturated heterocycles. The fraction of sp³-hybridized carbons (Fsp3) is 0.696. The van der Waals surface area contributed by atoms with Crippen molar-refractivity contribution in [1.29, 1.82) is 0 Å². The Morgan fingerprint density at radius 2 is 1.77 bits per heavy atom. The zero-order valence-corrected chi connectivity index (χ0v) is 18.3. The first-order chi connectivity index (χ1) is 14.7. The summed E-state index contributed by atoms with van der Waals surface area (Å²) >= 11 is 0. The van der Waals surface area contributed by atoms with Gasteiger partial charge in [-0.25, -0.2) is 4.79 Å². The van der Waals surface area contributed by atoms with E-state index in [4.69, 9.17) is 0 Å². The van der Waals surface area contributed by atoms with Gasteiger partial charge in [0.05, 0.1) is 17.1 Å². The van der Waals surface area contributed by atoms with Crippen LogP contribution in [0.15, 0.2) is 23.0 Å². The largest absolute Gasteiger partial charge is 0.329 e. The van der Waals surface area contributed by atoms with Crippen LogP contribution < -0.4 is 16.3 Å². The van der Waals surface area contributed by atoms with Gasteiger partial charge in [0, 0.05) is 52.4 Å². The summed E-state index contributed by atoms with van der Waals surface area (Å²) in [6.07, 6.45) is 4.72. The number of piperidine rings is 2. The molecule has 30 heavy (non-hydrogen) atoms. The summed E-state index contributed by atoms with van der Waals surface area (Å²) < 4.78 is 3.92. The molecule has 1 atom stereocenters. The molecular weight excluding hydrogens is 376 g/mol. The molecule has 164 valence electrons. The summed E-state index contributed by atoms with van der Waals surface area (Å²) in [6, 6.07) is 7.49. The quantitative estimate of drug-likeness (QED) is 0.789. The maximum Gasteiger partial charge on any atom is 0.329 e. The van der Waals surface area contributed by atoms with Gasteiger partial charge in [-0.2, -0.15) is 0 Å². The molecule has 0 radical (unpaired) electrons. The van der Waals surface area contributed by atoms with Crippen LogP contribution in [0.25, 0.3) is 11.0 Å². The molecule has 7 heteroatoms. The van der Waals surface area contributed by atoms with Gasteiger partial charge in [0.2, 0.25) is 0 Å². The lowest BCUT2D eigenvalue weighted by Gasteiger charge is -2.40. The second-order valence-corrected chi connectivity index (χ2v) is 9.29. The molecule has 4 heterocycles. The Bertz CT molecular complexity index is 914. The van der Waals surface area contributed by atoms with Crippen molar-refractivity contribution in [3.63, 3.8) is 0 Å². The molecule has 5 rings (SSSR count). The summed E-state index contributed by atoms with van der Waals surface area (Å²) in [5.74, 6) is 0. The van der Waals surface area contributed by atoms with E-state index in [9.17, 15) is 4.79 Å². The number of fused-ring (bicyclic) bond motifs is 1. The highest BCUT2D eigenvalue weighted by Crippen LogP contribution is 2.26. The molecule has 0 spiro atoms. The molecule has 0 aliphatic carbocycles. The van der Waals surface area contributed by atoms with E-state index in [2.05, 4.69) is 38.6 Å². The number of piperazine rings is 1. The molecule has 7 nitrogen and oxygen atoms in total. The van der Waals surface area contributed by atoms with Crippen LogP contribution in [0.4, 0.5) is 0 Å². The fourth-order valence-electron chi connectivity index (χ4n) is 5.78. The van der Waals surface area contributed by atoms with Crippen LogP contribution in [0, 0.1) is 0 Å². The fourth-order valence-corrected chi connectivity index (χ4v) is 5.78. The highest BCUT2D eigenvalue weighted by Gasteiger charge is 2.27. The summed E-state index contributed by atoms with van der Waals surface area (Å²) in [7, 11) is 1.94. The maximum atomic E-state index is 13.1. The van der Waals surface area contributed by atoms with E-state index in [-0.39, 0.29) is 11.7 Å². The second kappa shape index (κ2) is 8.83. The molecular formula is C23H36N6O. The Kier molecular flexibility index (Phi) is 5.96. The van der Waals surface area contributed by atoms with Crippen molar-refractivity contribution in [2.45, 2.75) is 44.3 Å². The number of nitrogens with one attached hydrogen (secondary N) is 2. The van der Waals surface area contributed by atoms with Crippen LogP contribution >= 0.6 is 0 Å². The van der Waals surface area contributed by atoms with E-state index in [1.54, 1.807) is 0 Å². The van der Waals surface area contributed by atoms with E-state index in [1.807, 2.05) is 16.2 Å². The van der Waals surface area contributed by atoms with E-state index in [0.717, 1.165) is 75.7 Å². The zero-order valence-electron chi connectivity index (χ0n) is 18.3. The molecule has 3 aliphatic rings.